The van der Waals surface area contributed by atoms with E-state index < -0.39 is 17.4 Å². The van der Waals surface area contributed by atoms with Crippen LogP contribution >= 0.6 is 11.3 Å². The van der Waals surface area contributed by atoms with Crippen molar-refractivity contribution in [2.75, 3.05) is 20.1 Å². The second-order valence-corrected chi connectivity index (χ2v) is 8.90. The van der Waals surface area contributed by atoms with Gasteiger partial charge in [-0.05, 0) is 5.92 Å². The SMILES string of the molecule is CCC(CC)CN1C[C@]23C=C[C@H](O2)C(C(=O)N(C)Cc2nccs2)C3C1=O. The molecule has 4 atom stereocenters. The van der Waals surface area contributed by atoms with Gasteiger partial charge in [0.15, 0.2) is 0 Å². The summed E-state index contributed by atoms with van der Waals surface area (Å²) in [5.74, 6) is -0.279. The summed E-state index contributed by atoms with van der Waals surface area (Å²) < 4.78 is 6.22. The Morgan fingerprint density at radius 1 is 1.48 bits per heavy atom. The maximum atomic E-state index is 13.2. The molecule has 3 aliphatic heterocycles. The lowest BCUT2D eigenvalue weighted by atomic mass is 9.76. The third kappa shape index (κ3) is 3.01. The van der Waals surface area contributed by atoms with Crippen LogP contribution in [0.5, 0.6) is 0 Å². The van der Waals surface area contributed by atoms with Gasteiger partial charge in [-0.25, -0.2) is 4.98 Å². The van der Waals surface area contributed by atoms with E-state index in [0.29, 0.717) is 19.0 Å². The highest BCUT2D eigenvalue weighted by Gasteiger charge is 2.67. The second-order valence-electron chi connectivity index (χ2n) is 7.92. The number of hydrogen-bond donors (Lipinski definition) is 0. The topological polar surface area (TPSA) is 62.7 Å². The lowest BCUT2D eigenvalue weighted by Crippen LogP contribution is -2.44. The van der Waals surface area contributed by atoms with Crippen LogP contribution in [0.25, 0.3) is 0 Å². The number of rotatable bonds is 7. The van der Waals surface area contributed by atoms with Crippen molar-refractivity contribution in [3.05, 3.63) is 28.7 Å². The molecule has 7 heteroatoms. The van der Waals surface area contributed by atoms with Crippen LogP contribution in [0.2, 0.25) is 0 Å². The average molecular weight is 390 g/mol. The fourth-order valence-electron chi connectivity index (χ4n) is 4.74. The Bertz CT molecular complexity index is 746. The summed E-state index contributed by atoms with van der Waals surface area (Å²) in [6.45, 7) is 6.11. The van der Waals surface area contributed by atoms with E-state index in [1.807, 2.05) is 22.4 Å². The first-order valence-electron chi connectivity index (χ1n) is 9.78. The zero-order valence-electron chi connectivity index (χ0n) is 16.1. The molecule has 4 heterocycles. The van der Waals surface area contributed by atoms with Crippen LogP contribution in [0.4, 0.5) is 0 Å². The number of ether oxygens (including phenoxy) is 1. The number of amides is 2. The number of carbonyl (C=O) groups excluding carboxylic acids is 2. The Morgan fingerprint density at radius 3 is 2.93 bits per heavy atom. The van der Waals surface area contributed by atoms with Crippen molar-refractivity contribution in [1.82, 2.24) is 14.8 Å². The van der Waals surface area contributed by atoms with Crippen molar-refractivity contribution in [2.45, 2.75) is 44.9 Å². The van der Waals surface area contributed by atoms with E-state index in [2.05, 4.69) is 18.8 Å². The van der Waals surface area contributed by atoms with E-state index in [-0.39, 0.29) is 17.9 Å². The molecule has 0 aliphatic carbocycles. The summed E-state index contributed by atoms with van der Waals surface area (Å²) in [6, 6.07) is 0. The summed E-state index contributed by atoms with van der Waals surface area (Å²) >= 11 is 1.53. The molecule has 1 aromatic heterocycles. The van der Waals surface area contributed by atoms with Crippen LogP contribution in [0.3, 0.4) is 0 Å². The van der Waals surface area contributed by atoms with Crippen LogP contribution in [-0.4, -0.2) is 58.4 Å². The summed E-state index contributed by atoms with van der Waals surface area (Å²) in [5, 5.41) is 2.80. The van der Waals surface area contributed by atoms with Gasteiger partial charge in [0, 0.05) is 25.2 Å². The van der Waals surface area contributed by atoms with Gasteiger partial charge in [-0.3, -0.25) is 9.59 Å². The average Bonchev–Trinajstić information content (AvgIpc) is 3.42. The fraction of sp³-hybridized carbons (Fsp3) is 0.650. The molecule has 0 N–H and O–H groups in total. The summed E-state index contributed by atoms with van der Waals surface area (Å²) in [5.41, 5.74) is -0.615. The highest BCUT2D eigenvalue weighted by atomic mass is 32.1. The number of hydrogen-bond acceptors (Lipinski definition) is 5. The highest BCUT2D eigenvalue weighted by molar-refractivity contribution is 7.09. The second kappa shape index (κ2) is 7.02. The number of fused-ring (bicyclic) bond motifs is 1. The van der Waals surface area contributed by atoms with Gasteiger partial charge in [0.25, 0.3) is 0 Å². The first-order valence-corrected chi connectivity index (χ1v) is 10.7. The van der Waals surface area contributed by atoms with Crippen LogP contribution in [0.1, 0.15) is 31.7 Å². The number of nitrogens with zero attached hydrogens (tertiary/aromatic N) is 3. The first kappa shape index (κ1) is 18.6. The first-order chi connectivity index (χ1) is 13.0. The maximum Gasteiger partial charge on any atom is 0.230 e. The molecular formula is C20H27N3O3S. The Labute approximate surface area is 164 Å². The van der Waals surface area contributed by atoms with Crippen molar-refractivity contribution in [3.63, 3.8) is 0 Å². The van der Waals surface area contributed by atoms with Crippen molar-refractivity contribution in [2.24, 2.45) is 17.8 Å². The van der Waals surface area contributed by atoms with Gasteiger partial charge >= 0.3 is 0 Å². The zero-order chi connectivity index (χ0) is 19.2. The largest absolute Gasteiger partial charge is 0.360 e. The van der Waals surface area contributed by atoms with Crippen molar-refractivity contribution < 1.29 is 14.3 Å². The minimum Gasteiger partial charge on any atom is -0.360 e. The van der Waals surface area contributed by atoms with E-state index in [0.717, 1.165) is 24.4 Å². The quantitative estimate of drug-likeness (QED) is 0.672. The van der Waals surface area contributed by atoms with Crippen molar-refractivity contribution in [1.29, 1.82) is 0 Å². The molecule has 1 aromatic rings. The van der Waals surface area contributed by atoms with E-state index in [1.165, 1.54) is 11.3 Å². The molecule has 27 heavy (non-hydrogen) atoms. The van der Waals surface area contributed by atoms with E-state index in [9.17, 15) is 9.59 Å². The minimum absolute atomic E-state index is 0.0239. The molecule has 2 bridgehead atoms. The number of carbonyl (C=O) groups is 2. The molecule has 3 aliphatic rings. The van der Waals surface area contributed by atoms with E-state index >= 15 is 0 Å². The molecule has 2 amide bonds. The van der Waals surface area contributed by atoms with Gasteiger partial charge in [-0.2, -0.15) is 0 Å². The maximum absolute atomic E-state index is 13.2. The minimum atomic E-state index is -0.615. The van der Waals surface area contributed by atoms with Crippen LogP contribution < -0.4 is 0 Å². The normalized spacial score (nSPS) is 31.2. The molecule has 0 saturated carbocycles. The third-order valence-electron chi connectivity index (χ3n) is 6.33. The van der Waals surface area contributed by atoms with E-state index in [1.54, 1.807) is 18.1 Å². The molecule has 2 fully saturated rings. The molecule has 1 spiro atoms. The molecule has 0 aromatic carbocycles. The van der Waals surface area contributed by atoms with Gasteiger partial charge in [-0.15, -0.1) is 11.3 Å². The van der Waals surface area contributed by atoms with Gasteiger partial charge in [0.1, 0.15) is 10.6 Å². The summed E-state index contributed by atoms with van der Waals surface area (Å²) in [7, 11) is 1.79. The van der Waals surface area contributed by atoms with Gasteiger partial charge in [-0.1, -0.05) is 38.8 Å². The lowest BCUT2D eigenvalue weighted by molar-refractivity contribution is -0.142. The standard InChI is InChI=1S/C20H27N3O3S/c1-4-13(5-2)10-23-12-20-7-6-14(26-20)16(17(20)19(23)25)18(24)22(3)11-15-21-8-9-27-15/h6-9,13-14,16-17H,4-5,10-12H2,1-3H3/t14-,16?,17?,20-/m0/s1. The van der Waals surface area contributed by atoms with Crippen LogP contribution in [-0.2, 0) is 20.9 Å². The van der Waals surface area contributed by atoms with Crippen LogP contribution in [0, 0.1) is 17.8 Å². The van der Waals surface area contributed by atoms with Crippen LogP contribution in [0.15, 0.2) is 23.7 Å². The molecule has 2 saturated heterocycles. The predicted molar refractivity (Wildman–Crippen MR) is 103 cm³/mol. The molecule has 2 unspecified atom stereocenters. The Hall–Kier alpha value is -1.73. The monoisotopic (exact) mass is 389 g/mol. The highest BCUT2D eigenvalue weighted by Crippen LogP contribution is 2.52. The molecular weight excluding hydrogens is 362 g/mol. The summed E-state index contributed by atoms with van der Waals surface area (Å²) in [4.78, 5) is 34.3. The van der Waals surface area contributed by atoms with Crippen molar-refractivity contribution in [3.8, 4) is 0 Å². The Morgan fingerprint density at radius 2 is 2.26 bits per heavy atom. The smallest absolute Gasteiger partial charge is 0.230 e. The van der Waals surface area contributed by atoms with E-state index in [4.69, 9.17) is 4.74 Å². The Kier molecular flexibility index (Phi) is 4.84. The van der Waals surface area contributed by atoms with Gasteiger partial charge < -0.3 is 14.5 Å². The predicted octanol–water partition coefficient (Wildman–Crippen LogP) is 2.32. The molecule has 0 radical (unpaired) electrons. The fourth-order valence-corrected chi connectivity index (χ4v) is 5.41. The van der Waals surface area contributed by atoms with Gasteiger partial charge in [0.2, 0.25) is 11.8 Å². The Balaban J connectivity index is 1.53. The third-order valence-corrected chi connectivity index (χ3v) is 7.09. The summed E-state index contributed by atoms with van der Waals surface area (Å²) in [6.07, 6.45) is 7.56. The molecule has 6 nitrogen and oxygen atoms in total. The zero-order valence-corrected chi connectivity index (χ0v) is 16.9. The molecule has 4 rings (SSSR count). The number of thiazole rings is 1. The van der Waals surface area contributed by atoms with Crippen molar-refractivity contribution >= 4 is 23.2 Å². The number of aromatic nitrogens is 1. The number of likely N-dealkylation sites (tertiary alicyclic amines) is 1. The lowest BCUT2D eigenvalue weighted by Gasteiger charge is -2.27. The van der Waals surface area contributed by atoms with Gasteiger partial charge in [0.05, 0.1) is 31.0 Å². The molecule has 146 valence electrons.